The molecule has 0 spiro atoms. The first-order chi connectivity index (χ1) is 45.1. The quantitative estimate of drug-likeness (QED) is 0.140. The minimum atomic E-state index is -0.158. The summed E-state index contributed by atoms with van der Waals surface area (Å²) >= 11 is 1.98. The minimum absolute atomic E-state index is 0.0183. The largest absolute Gasteiger partial charge is 0.311 e. The van der Waals surface area contributed by atoms with Gasteiger partial charge in [-0.1, -0.05) is 256 Å². The van der Waals surface area contributed by atoms with Crippen LogP contribution >= 0.6 is 11.3 Å². The third-order valence-electron chi connectivity index (χ3n) is 21.3. The van der Waals surface area contributed by atoms with Crippen molar-refractivity contribution in [2.75, 3.05) is 14.7 Å². The number of nitrogens with zero attached hydrogens (tertiary/aromatic N) is 3. The molecule has 12 aromatic rings. The average molecular weight is 1260 g/mol. The highest BCUT2D eigenvalue weighted by Crippen LogP contribution is 2.54. The van der Waals surface area contributed by atoms with Crippen LogP contribution in [0.4, 0.5) is 51.2 Å². The van der Waals surface area contributed by atoms with Crippen molar-refractivity contribution in [3.63, 3.8) is 0 Å². The zero-order valence-corrected chi connectivity index (χ0v) is 59.5. The average Bonchev–Trinajstić information content (AvgIpc) is 1.68. The van der Waals surface area contributed by atoms with E-state index in [1.165, 1.54) is 126 Å². The third kappa shape index (κ3) is 10.9. The van der Waals surface area contributed by atoms with Gasteiger partial charge in [0.25, 0.3) is 6.71 Å². The lowest BCUT2D eigenvalue weighted by atomic mass is 9.36. The number of rotatable bonds is 8. The molecule has 15 rings (SSSR count). The Bertz CT molecular complexity index is 4910. The van der Waals surface area contributed by atoms with Gasteiger partial charge < -0.3 is 14.7 Å². The van der Waals surface area contributed by atoms with Gasteiger partial charge in [-0.3, -0.25) is 0 Å². The number of hydrogen-bond donors (Lipinski definition) is 0. The number of fused-ring (bicyclic) bond motifs is 8. The van der Waals surface area contributed by atoms with Gasteiger partial charge in [-0.15, -0.1) is 11.3 Å². The zero-order chi connectivity index (χ0) is 66.5. The van der Waals surface area contributed by atoms with E-state index in [4.69, 9.17) is 0 Å². The summed E-state index contributed by atoms with van der Waals surface area (Å²) in [4.78, 5) is 7.90. The maximum atomic E-state index is 2.66. The Labute approximate surface area is 570 Å². The van der Waals surface area contributed by atoms with E-state index in [1.807, 2.05) is 11.3 Å². The van der Waals surface area contributed by atoms with Crippen molar-refractivity contribution < 1.29 is 0 Å². The summed E-state index contributed by atoms with van der Waals surface area (Å²) in [7, 11) is 0. The van der Waals surface area contributed by atoms with E-state index in [-0.39, 0.29) is 39.2 Å². The van der Waals surface area contributed by atoms with Crippen LogP contribution in [0.25, 0.3) is 54.2 Å². The highest BCUT2D eigenvalue weighted by Gasteiger charge is 2.47. The maximum absolute atomic E-state index is 2.66. The van der Waals surface area contributed by atoms with E-state index >= 15 is 0 Å². The molecule has 0 bridgehead atoms. The molecule has 0 saturated carbocycles. The minimum Gasteiger partial charge on any atom is -0.311 e. The van der Waals surface area contributed by atoms with Crippen LogP contribution < -0.4 is 30.4 Å². The van der Waals surface area contributed by atoms with Gasteiger partial charge in [0.2, 0.25) is 0 Å². The predicted molar refractivity (Wildman–Crippen MR) is 414 cm³/mol. The fraction of sp³-hybridized carbons (Fsp3) is 0.267. The van der Waals surface area contributed by atoms with Gasteiger partial charge in [0.15, 0.2) is 0 Å². The topological polar surface area (TPSA) is 9.72 Å². The normalized spacial score (nSPS) is 15.0. The molecule has 0 N–H and O–H groups in total. The highest BCUT2D eigenvalue weighted by atomic mass is 32.1. The number of anilines is 9. The monoisotopic (exact) mass is 1260 g/mol. The second-order valence-corrected chi connectivity index (χ2v) is 34.0. The fourth-order valence-electron chi connectivity index (χ4n) is 15.4. The second kappa shape index (κ2) is 22.4. The van der Waals surface area contributed by atoms with E-state index in [1.54, 1.807) is 0 Å². The summed E-state index contributed by atoms with van der Waals surface area (Å²) in [6.45, 7) is 37.6. The van der Waals surface area contributed by atoms with Gasteiger partial charge in [-0.25, -0.2) is 0 Å². The molecule has 3 aliphatic rings. The molecular formula is C90H90BN3S. The third-order valence-corrected chi connectivity index (χ3v) is 22.6. The van der Waals surface area contributed by atoms with Crippen LogP contribution in [0.15, 0.2) is 231 Å². The molecule has 3 heterocycles. The number of benzene rings is 11. The second-order valence-electron chi connectivity index (χ2n) is 33.0. The maximum Gasteiger partial charge on any atom is 0.264 e. The summed E-state index contributed by atoms with van der Waals surface area (Å²) in [5, 5.41) is 3.71. The van der Waals surface area contributed by atoms with Crippen molar-refractivity contribution in [2.45, 2.75) is 156 Å². The number of hydrogen-bond acceptors (Lipinski definition) is 4. The van der Waals surface area contributed by atoms with E-state index in [9.17, 15) is 0 Å². The van der Waals surface area contributed by atoms with Crippen molar-refractivity contribution >= 4 is 106 Å². The molecule has 0 atom stereocenters. The zero-order valence-electron chi connectivity index (χ0n) is 58.7. The van der Waals surface area contributed by atoms with Crippen LogP contribution in [-0.4, -0.2) is 6.71 Å². The van der Waals surface area contributed by atoms with Crippen LogP contribution in [0.1, 0.15) is 157 Å². The molecular weight excluding hydrogens is 1170 g/mol. The molecule has 95 heavy (non-hydrogen) atoms. The Morgan fingerprint density at radius 3 is 1.44 bits per heavy atom. The molecule has 0 amide bonds. The van der Waals surface area contributed by atoms with Crippen molar-refractivity contribution in [3.8, 4) is 33.4 Å². The molecule has 5 heteroatoms. The molecule has 0 saturated heterocycles. The standard InChI is InChI=1S/C90H90BN3S/c1-85(2,3)64-30-38-68(39-31-64)92(69-40-32-65(33-41-69)86(4,5)6)77-56-78-76(55-72(77)62-28-46-74-75(52-62)90(15,16)49-48-89(74,13)14)91-82-79(93(78)70-42-34-66(35-43-70)87(7,8)9)53-63(60-27-26-58-24-20-21-25-59(58)50-60)54-80(82)94(71-44-36-67(37-45-71)88(10,11)12)83-73-51-61(57-22-18-17-19-23-57)29-47-81(73)95-84(83)91/h17-47,50-56H,48-49H2,1-16H3. The first-order valence-electron chi connectivity index (χ1n) is 34.5. The first kappa shape index (κ1) is 62.2. The van der Waals surface area contributed by atoms with E-state index < -0.39 is 0 Å². The van der Waals surface area contributed by atoms with Crippen LogP contribution in [0.2, 0.25) is 0 Å². The molecule has 0 unspecified atom stereocenters. The summed E-state index contributed by atoms with van der Waals surface area (Å²) < 4.78 is 2.62. The number of thiophene rings is 1. The molecule has 474 valence electrons. The van der Waals surface area contributed by atoms with Crippen molar-refractivity contribution in [3.05, 3.63) is 264 Å². The highest BCUT2D eigenvalue weighted by molar-refractivity contribution is 7.33. The predicted octanol–water partition coefficient (Wildman–Crippen LogP) is 24.1. The summed E-state index contributed by atoms with van der Waals surface area (Å²) in [5.74, 6) is 0. The van der Waals surface area contributed by atoms with Gasteiger partial charge in [0.1, 0.15) is 0 Å². The molecule has 0 fully saturated rings. The molecule has 3 nitrogen and oxygen atoms in total. The molecule has 0 radical (unpaired) electrons. The van der Waals surface area contributed by atoms with Gasteiger partial charge in [-0.2, -0.15) is 0 Å². The van der Waals surface area contributed by atoms with Crippen LogP contribution in [0.3, 0.4) is 0 Å². The van der Waals surface area contributed by atoms with Crippen molar-refractivity contribution in [1.82, 2.24) is 0 Å². The SMILES string of the molecule is CC(C)(C)c1ccc(N(c2ccc(C(C)(C)C)cc2)c2cc3c(cc2-c2ccc4c(c2)C(C)(C)CCC4(C)C)B2c4sc5ccc(-c6ccccc6)cc5c4N(c4ccc(C(C)(C)C)cc4)c4cc(-c5ccc6ccccc6c5)cc(c42)N3c2ccc(C(C)(C)C)cc2)cc1. The Hall–Kier alpha value is -8.90. The Morgan fingerprint density at radius 1 is 0.389 bits per heavy atom. The lowest BCUT2D eigenvalue weighted by Crippen LogP contribution is -2.60. The first-order valence-corrected chi connectivity index (χ1v) is 35.4. The van der Waals surface area contributed by atoms with Crippen LogP contribution in [0, 0.1) is 0 Å². The Kier molecular flexibility index (Phi) is 14.6. The van der Waals surface area contributed by atoms with Crippen molar-refractivity contribution in [2.24, 2.45) is 0 Å². The van der Waals surface area contributed by atoms with E-state index in [0.717, 1.165) is 41.3 Å². The molecule has 11 aromatic carbocycles. The summed E-state index contributed by atoms with van der Waals surface area (Å²) in [6, 6.07) is 90.0. The summed E-state index contributed by atoms with van der Waals surface area (Å²) in [6.07, 6.45) is 2.28. The molecule has 1 aromatic heterocycles. The van der Waals surface area contributed by atoms with Gasteiger partial charge in [0.05, 0.1) is 11.4 Å². The smallest absolute Gasteiger partial charge is 0.264 e. The van der Waals surface area contributed by atoms with Gasteiger partial charge >= 0.3 is 0 Å². The lowest BCUT2D eigenvalue weighted by molar-refractivity contribution is 0.332. The van der Waals surface area contributed by atoms with Crippen LogP contribution in [0.5, 0.6) is 0 Å². The molecule has 2 aliphatic heterocycles. The van der Waals surface area contributed by atoms with Gasteiger partial charge in [0, 0.05) is 60.2 Å². The summed E-state index contributed by atoms with van der Waals surface area (Å²) in [5.41, 5.74) is 28.3. The Morgan fingerprint density at radius 2 is 0.874 bits per heavy atom. The van der Waals surface area contributed by atoms with Crippen molar-refractivity contribution in [1.29, 1.82) is 0 Å². The van der Waals surface area contributed by atoms with Gasteiger partial charge in [-0.05, 0) is 213 Å². The lowest BCUT2D eigenvalue weighted by Gasteiger charge is -2.44. The van der Waals surface area contributed by atoms with Crippen LogP contribution in [-0.2, 0) is 32.5 Å². The van der Waals surface area contributed by atoms with E-state index in [2.05, 4.69) is 356 Å². The fourth-order valence-corrected chi connectivity index (χ4v) is 16.7. The van der Waals surface area contributed by atoms with E-state index in [0.29, 0.717) is 0 Å². The Balaban J connectivity index is 1.11. The molecule has 1 aliphatic carbocycles.